The number of hydrogen-bond acceptors (Lipinski definition) is 3. The van der Waals surface area contributed by atoms with Crippen molar-refractivity contribution in [3.05, 3.63) is 35.4 Å². The van der Waals surface area contributed by atoms with E-state index in [1.807, 2.05) is 0 Å². The van der Waals surface area contributed by atoms with Gasteiger partial charge in [-0.05, 0) is 44.4 Å². The summed E-state index contributed by atoms with van der Waals surface area (Å²) in [5, 5.41) is 3.41. The van der Waals surface area contributed by atoms with E-state index in [1.165, 1.54) is 30.5 Å². The summed E-state index contributed by atoms with van der Waals surface area (Å²) in [4.78, 5) is 9.64. The van der Waals surface area contributed by atoms with E-state index in [4.69, 9.17) is 9.73 Å². The van der Waals surface area contributed by atoms with Gasteiger partial charge in [-0.2, -0.15) is 0 Å². The lowest BCUT2D eigenvalue weighted by atomic mass is 10.1. The maximum Gasteiger partial charge on any atom is 0.194 e. The fourth-order valence-corrected chi connectivity index (χ4v) is 3.77. The topological polar surface area (TPSA) is 40.1 Å². The van der Waals surface area contributed by atoms with E-state index in [-0.39, 0.29) is 30.1 Å². The van der Waals surface area contributed by atoms with Crippen LogP contribution < -0.4 is 5.32 Å². The van der Waals surface area contributed by atoms with Crippen molar-refractivity contribution < 1.29 is 4.74 Å². The number of rotatable bonds is 5. The average molecular weight is 472 g/mol. The van der Waals surface area contributed by atoms with Crippen LogP contribution in [0.1, 0.15) is 30.9 Å². The number of halogens is 1. The molecular weight excluding hydrogens is 439 g/mol. The van der Waals surface area contributed by atoms with Crippen molar-refractivity contribution in [3.8, 4) is 0 Å². The molecule has 0 radical (unpaired) electrons. The third kappa shape index (κ3) is 5.57. The second kappa shape index (κ2) is 10.5. The molecule has 0 amide bonds. The Bertz CT molecular complexity index is 595. The SMILES string of the molecule is CCNC(=NCC1CN2CCCC2CO1)N(C)Cc1ccccc1C.I. The number of fused-ring (bicyclic) bond motifs is 1. The molecule has 0 saturated carbocycles. The molecule has 2 saturated heterocycles. The standard InChI is InChI=1S/C20H32N4O.HI/c1-4-21-20(23(3)13-17-9-6-5-8-16(17)2)22-12-19-14-24-11-7-10-18(24)15-25-19;/h5-6,8-9,18-19H,4,7,10-15H2,1-3H3,(H,21,22);1H. The van der Waals surface area contributed by atoms with Gasteiger partial charge in [-0.25, -0.2) is 0 Å². The van der Waals surface area contributed by atoms with Crippen LogP contribution >= 0.6 is 24.0 Å². The lowest BCUT2D eigenvalue weighted by Gasteiger charge is -2.34. The van der Waals surface area contributed by atoms with E-state index >= 15 is 0 Å². The molecule has 0 spiro atoms. The Morgan fingerprint density at radius 3 is 2.96 bits per heavy atom. The molecule has 3 rings (SSSR count). The zero-order valence-electron chi connectivity index (χ0n) is 16.3. The smallest absolute Gasteiger partial charge is 0.194 e. The van der Waals surface area contributed by atoms with Gasteiger partial charge in [0, 0.05) is 32.7 Å². The first-order valence-corrected chi connectivity index (χ1v) is 9.57. The molecule has 0 aromatic heterocycles. The van der Waals surface area contributed by atoms with Gasteiger partial charge in [-0.3, -0.25) is 9.89 Å². The van der Waals surface area contributed by atoms with Gasteiger partial charge in [-0.15, -0.1) is 24.0 Å². The average Bonchev–Trinajstić information content (AvgIpc) is 3.08. The Balaban J connectivity index is 0.00000243. The summed E-state index contributed by atoms with van der Waals surface area (Å²) in [5.41, 5.74) is 2.66. The molecule has 1 aromatic carbocycles. The molecule has 1 N–H and O–H groups in total. The Morgan fingerprint density at radius 1 is 1.38 bits per heavy atom. The molecule has 2 heterocycles. The number of nitrogens with zero attached hydrogens (tertiary/aromatic N) is 3. The molecule has 146 valence electrons. The molecule has 2 fully saturated rings. The van der Waals surface area contributed by atoms with Crippen molar-refractivity contribution in [2.75, 3.05) is 39.8 Å². The highest BCUT2D eigenvalue weighted by atomic mass is 127. The van der Waals surface area contributed by atoms with Gasteiger partial charge in [0.05, 0.1) is 19.3 Å². The monoisotopic (exact) mass is 472 g/mol. The summed E-state index contributed by atoms with van der Waals surface area (Å²) in [6.45, 7) is 9.85. The number of ether oxygens (including phenoxy) is 1. The van der Waals surface area contributed by atoms with E-state index in [1.54, 1.807) is 0 Å². The van der Waals surface area contributed by atoms with Gasteiger partial charge < -0.3 is 15.0 Å². The van der Waals surface area contributed by atoms with Gasteiger partial charge in [0.25, 0.3) is 0 Å². The molecule has 2 aliphatic rings. The minimum Gasteiger partial charge on any atom is -0.373 e. The number of hydrogen-bond donors (Lipinski definition) is 1. The van der Waals surface area contributed by atoms with E-state index < -0.39 is 0 Å². The van der Waals surface area contributed by atoms with Crippen LogP contribution in [0.2, 0.25) is 0 Å². The zero-order chi connectivity index (χ0) is 17.6. The van der Waals surface area contributed by atoms with Crippen molar-refractivity contribution in [3.63, 3.8) is 0 Å². The normalized spacial score (nSPS) is 23.3. The largest absolute Gasteiger partial charge is 0.373 e. The summed E-state index contributed by atoms with van der Waals surface area (Å²) in [7, 11) is 2.10. The summed E-state index contributed by atoms with van der Waals surface area (Å²) in [5.74, 6) is 0.956. The highest BCUT2D eigenvalue weighted by Crippen LogP contribution is 2.22. The van der Waals surface area contributed by atoms with Crippen molar-refractivity contribution >= 4 is 29.9 Å². The minimum absolute atomic E-state index is 0. The van der Waals surface area contributed by atoms with Gasteiger partial charge in [0.15, 0.2) is 5.96 Å². The molecule has 2 atom stereocenters. The van der Waals surface area contributed by atoms with Gasteiger partial charge >= 0.3 is 0 Å². The highest BCUT2D eigenvalue weighted by molar-refractivity contribution is 14.0. The first-order chi connectivity index (χ1) is 12.2. The second-order valence-corrected chi connectivity index (χ2v) is 7.22. The molecule has 26 heavy (non-hydrogen) atoms. The highest BCUT2D eigenvalue weighted by Gasteiger charge is 2.32. The third-order valence-electron chi connectivity index (χ3n) is 5.27. The Labute approximate surface area is 175 Å². The molecule has 2 unspecified atom stereocenters. The number of guanidine groups is 1. The van der Waals surface area contributed by atoms with Crippen molar-refractivity contribution in [1.82, 2.24) is 15.1 Å². The number of aliphatic imine (C=N–C) groups is 1. The van der Waals surface area contributed by atoms with Crippen LogP contribution in [0.15, 0.2) is 29.3 Å². The van der Waals surface area contributed by atoms with Crippen LogP contribution in [0.25, 0.3) is 0 Å². The summed E-state index contributed by atoms with van der Waals surface area (Å²) >= 11 is 0. The number of aryl methyl sites for hydroxylation is 1. The minimum atomic E-state index is 0. The molecular formula is C20H33IN4O. The van der Waals surface area contributed by atoms with E-state index in [0.717, 1.165) is 38.7 Å². The van der Waals surface area contributed by atoms with Crippen molar-refractivity contribution in [2.24, 2.45) is 4.99 Å². The molecule has 6 heteroatoms. The van der Waals surface area contributed by atoms with Crippen LogP contribution in [0.5, 0.6) is 0 Å². The van der Waals surface area contributed by atoms with Crippen molar-refractivity contribution in [2.45, 2.75) is 45.4 Å². The number of nitrogens with one attached hydrogen (secondary N) is 1. The molecule has 0 aliphatic carbocycles. The summed E-state index contributed by atoms with van der Waals surface area (Å²) in [6, 6.07) is 9.19. The van der Waals surface area contributed by atoms with Crippen LogP contribution in [0.3, 0.4) is 0 Å². The summed E-state index contributed by atoms with van der Waals surface area (Å²) in [6.07, 6.45) is 2.82. The number of morpholine rings is 1. The maximum atomic E-state index is 6.04. The Kier molecular flexibility index (Phi) is 8.63. The second-order valence-electron chi connectivity index (χ2n) is 7.22. The van der Waals surface area contributed by atoms with Crippen LogP contribution in [-0.2, 0) is 11.3 Å². The fraction of sp³-hybridized carbons (Fsp3) is 0.650. The maximum absolute atomic E-state index is 6.04. The van der Waals surface area contributed by atoms with Gasteiger partial charge in [0.2, 0.25) is 0 Å². The third-order valence-corrected chi connectivity index (χ3v) is 5.27. The predicted molar refractivity (Wildman–Crippen MR) is 118 cm³/mol. The summed E-state index contributed by atoms with van der Waals surface area (Å²) < 4.78 is 6.04. The predicted octanol–water partition coefficient (Wildman–Crippen LogP) is 2.87. The zero-order valence-corrected chi connectivity index (χ0v) is 18.6. The molecule has 2 aliphatic heterocycles. The van der Waals surface area contributed by atoms with E-state index in [2.05, 4.69) is 60.3 Å². The Hall–Kier alpha value is -0.860. The quantitative estimate of drug-likeness (QED) is 0.407. The Morgan fingerprint density at radius 2 is 2.19 bits per heavy atom. The van der Waals surface area contributed by atoms with Crippen LogP contribution in [-0.4, -0.2) is 67.7 Å². The van der Waals surface area contributed by atoms with Gasteiger partial charge in [-0.1, -0.05) is 24.3 Å². The lowest BCUT2D eigenvalue weighted by Crippen LogP contribution is -2.47. The van der Waals surface area contributed by atoms with Crippen LogP contribution in [0, 0.1) is 6.92 Å². The fourth-order valence-electron chi connectivity index (χ4n) is 3.77. The van der Waals surface area contributed by atoms with E-state index in [9.17, 15) is 0 Å². The first kappa shape index (κ1) is 21.4. The van der Waals surface area contributed by atoms with E-state index in [0.29, 0.717) is 6.04 Å². The molecule has 1 aromatic rings. The number of benzene rings is 1. The molecule has 5 nitrogen and oxygen atoms in total. The van der Waals surface area contributed by atoms with Gasteiger partial charge in [0.1, 0.15) is 0 Å². The lowest BCUT2D eigenvalue weighted by molar-refractivity contribution is -0.0432. The first-order valence-electron chi connectivity index (χ1n) is 9.57. The van der Waals surface area contributed by atoms with Crippen LogP contribution in [0.4, 0.5) is 0 Å². The molecule has 0 bridgehead atoms. The van der Waals surface area contributed by atoms with Crippen molar-refractivity contribution in [1.29, 1.82) is 0 Å².